The number of hydrogen-bond acceptors (Lipinski definition) is 1. The Hall–Kier alpha value is -1.81. The Morgan fingerprint density at radius 1 is 1.43 bits per heavy atom. The molecular formula is C13H13N. The first-order valence-electron chi connectivity index (χ1n) is 4.64. The summed E-state index contributed by atoms with van der Waals surface area (Å²) in [6, 6.07) is 9.54. The number of nitrogens with zero attached hydrogens (tertiary/aromatic N) is 1. The molecule has 0 N–H and O–H groups in total. The second-order valence-electron chi connectivity index (χ2n) is 3.03. The fraction of sp³-hybridized carbons (Fsp3) is 0.154. The van der Waals surface area contributed by atoms with Crippen LogP contribution in [0.15, 0.2) is 43.0 Å². The molecule has 0 aliphatic heterocycles. The predicted octanol–water partition coefficient (Wildman–Crippen LogP) is 3.54. The molecule has 0 heterocycles. The van der Waals surface area contributed by atoms with E-state index in [1.165, 1.54) is 0 Å². The highest BCUT2D eigenvalue weighted by molar-refractivity contribution is 5.72. The number of nitriles is 1. The van der Waals surface area contributed by atoms with Crippen molar-refractivity contribution in [2.45, 2.75) is 13.3 Å². The zero-order chi connectivity index (χ0) is 10.4. The molecule has 0 aliphatic rings. The summed E-state index contributed by atoms with van der Waals surface area (Å²) in [4.78, 5) is 0. The maximum atomic E-state index is 8.62. The molecule has 0 saturated carbocycles. The number of rotatable bonds is 3. The van der Waals surface area contributed by atoms with Crippen molar-refractivity contribution in [3.8, 4) is 6.07 Å². The molecule has 0 fully saturated rings. The zero-order valence-corrected chi connectivity index (χ0v) is 8.33. The van der Waals surface area contributed by atoms with Crippen LogP contribution in [-0.4, -0.2) is 0 Å². The van der Waals surface area contributed by atoms with Gasteiger partial charge in [-0.25, -0.2) is 0 Å². The largest absolute Gasteiger partial charge is 0.192 e. The van der Waals surface area contributed by atoms with Crippen molar-refractivity contribution in [2.75, 3.05) is 0 Å². The van der Waals surface area contributed by atoms with Crippen molar-refractivity contribution < 1.29 is 0 Å². The van der Waals surface area contributed by atoms with E-state index in [1.807, 2.05) is 18.2 Å². The number of allylic oxidation sites excluding steroid dienone is 3. The van der Waals surface area contributed by atoms with E-state index in [4.69, 9.17) is 5.26 Å². The Morgan fingerprint density at radius 3 is 2.57 bits per heavy atom. The monoisotopic (exact) mass is 183 g/mol. The molecule has 1 aromatic rings. The quantitative estimate of drug-likeness (QED) is 0.657. The maximum absolute atomic E-state index is 8.62. The van der Waals surface area contributed by atoms with Gasteiger partial charge in [-0.1, -0.05) is 37.8 Å². The van der Waals surface area contributed by atoms with E-state index in [-0.39, 0.29) is 0 Å². The second-order valence-corrected chi connectivity index (χ2v) is 3.03. The van der Waals surface area contributed by atoms with Crippen molar-refractivity contribution in [1.29, 1.82) is 5.26 Å². The van der Waals surface area contributed by atoms with Gasteiger partial charge in [-0.15, -0.1) is 0 Å². The Balaban J connectivity index is 2.83. The molecule has 1 rings (SSSR count). The van der Waals surface area contributed by atoms with Gasteiger partial charge in [0.2, 0.25) is 0 Å². The van der Waals surface area contributed by atoms with E-state index >= 15 is 0 Å². The lowest BCUT2D eigenvalue weighted by Gasteiger charge is -1.99. The van der Waals surface area contributed by atoms with Crippen LogP contribution in [0.25, 0.3) is 5.57 Å². The van der Waals surface area contributed by atoms with Crippen LogP contribution in [0, 0.1) is 11.3 Å². The van der Waals surface area contributed by atoms with E-state index in [9.17, 15) is 0 Å². The lowest BCUT2D eigenvalue weighted by atomic mass is 10.1. The van der Waals surface area contributed by atoms with Crippen molar-refractivity contribution >= 4 is 5.57 Å². The summed E-state index contributed by atoms with van der Waals surface area (Å²) in [5.41, 5.74) is 2.73. The van der Waals surface area contributed by atoms with Crippen molar-refractivity contribution in [2.24, 2.45) is 0 Å². The molecule has 0 aromatic heterocycles. The maximum Gasteiger partial charge on any atom is 0.0991 e. The summed E-state index contributed by atoms with van der Waals surface area (Å²) in [6.07, 6.45) is 5.08. The third-order valence-corrected chi connectivity index (χ3v) is 1.94. The first-order chi connectivity index (χ1) is 6.77. The highest BCUT2D eigenvalue weighted by Crippen LogP contribution is 2.14. The Morgan fingerprint density at radius 2 is 2.07 bits per heavy atom. The van der Waals surface area contributed by atoms with Gasteiger partial charge < -0.3 is 0 Å². The highest BCUT2D eigenvalue weighted by atomic mass is 14.2. The molecule has 0 amide bonds. The van der Waals surface area contributed by atoms with Crippen LogP contribution in [0.3, 0.4) is 0 Å². The normalized spacial score (nSPS) is 10.0. The first-order valence-corrected chi connectivity index (χ1v) is 4.64. The van der Waals surface area contributed by atoms with Crippen LogP contribution in [0.2, 0.25) is 0 Å². The van der Waals surface area contributed by atoms with Crippen LogP contribution in [-0.2, 0) is 0 Å². The zero-order valence-electron chi connectivity index (χ0n) is 8.33. The minimum Gasteiger partial charge on any atom is -0.192 e. The minimum absolute atomic E-state index is 0.682. The van der Waals surface area contributed by atoms with E-state index in [0.29, 0.717) is 5.56 Å². The van der Waals surface area contributed by atoms with Crippen LogP contribution in [0.1, 0.15) is 24.5 Å². The molecule has 1 heteroatoms. The molecule has 0 radical (unpaired) electrons. The van der Waals surface area contributed by atoms with Gasteiger partial charge in [0.15, 0.2) is 0 Å². The molecule has 1 aromatic carbocycles. The van der Waals surface area contributed by atoms with Crippen LogP contribution >= 0.6 is 0 Å². The van der Waals surface area contributed by atoms with Gasteiger partial charge in [-0.05, 0) is 29.7 Å². The Labute approximate surface area is 85.0 Å². The van der Waals surface area contributed by atoms with Gasteiger partial charge in [-0.2, -0.15) is 5.26 Å². The summed E-state index contributed by atoms with van der Waals surface area (Å²) >= 11 is 0. The highest BCUT2D eigenvalue weighted by Gasteiger charge is 1.94. The van der Waals surface area contributed by atoms with E-state index in [0.717, 1.165) is 17.6 Å². The average Bonchev–Trinajstić information content (AvgIpc) is 2.26. The molecule has 0 atom stereocenters. The van der Waals surface area contributed by atoms with Gasteiger partial charge in [0.25, 0.3) is 0 Å². The van der Waals surface area contributed by atoms with Crippen molar-refractivity contribution in [3.05, 3.63) is 54.1 Å². The number of hydrogen-bond donors (Lipinski definition) is 0. The molecule has 0 aliphatic carbocycles. The molecule has 0 spiro atoms. The van der Waals surface area contributed by atoms with Gasteiger partial charge in [0.1, 0.15) is 0 Å². The average molecular weight is 183 g/mol. The summed E-state index contributed by atoms with van der Waals surface area (Å²) in [5.74, 6) is 0. The van der Waals surface area contributed by atoms with Crippen LogP contribution in [0.4, 0.5) is 0 Å². The molecular weight excluding hydrogens is 170 g/mol. The molecule has 0 unspecified atom stereocenters. The Kier molecular flexibility index (Phi) is 3.69. The standard InChI is InChI=1S/C13H13N/c1-3-4-5-11(2)13-8-6-12(10-14)7-9-13/h4-9H,2-3H2,1H3/b5-4-. The number of benzene rings is 1. The Bertz CT molecular complexity index is 377. The van der Waals surface area contributed by atoms with Gasteiger partial charge in [0, 0.05) is 0 Å². The molecule has 0 bridgehead atoms. The van der Waals surface area contributed by atoms with Gasteiger partial charge >= 0.3 is 0 Å². The van der Waals surface area contributed by atoms with E-state index in [2.05, 4.69) is 25.6 Å². The van der Waals surface area contributed by atoms with E-state index < -0.39 is 0 Å². The third-order valence-electron chi connectivity index (χ3n) is 1.94. The molecule has 0 saturated heterocycles. The summed E-state index contributed by atoms with van der Waals surface area (Å²) in [7, 11) is 0. The minimum atomic E-state index is 0.682. The van der Waals surface area contributed by atoms with Gasteiger partial charge in [-0.3, -0.25) is 0 Å². The first kappa shape index (κ1) is 10.3. The second kappa shape index (κ2) is 5.04. The molecule has 70 valence electrons. The third kappa shape index (κ3) is 2.60. The summed E-state index contributed by atoms with van der Waals surface area (Å²) in [6.45, 7) is 6.03. The molecule has 14 heavy (non-hydrogen) atoms. The lowest BCUT2D eigenvalue weighted by Crippen LogP contribution is -1.80. The smallest absolute Gasteiger partial charge is 0.0991 e. The molecule has 1 nitrogen and oxygen atoms in total. The van der Waals surface area contributed by atoms with E-state index in [1.54, 1.807) is 12.1 Å². The SMILES string of the molecule is C=C(/C=C\CC)c1ccc(C#N)cc1. The van der Waals surface area contributed by atoms with Crippen LogP contribution in [0.5, 0.6) is 0 Å². The van der Waals surface area contributed by atoms with Crippen molar-refractivity contribution in [3.63, 3.8) is 0 Å². The summed E-state index contributed by atoms with van der Waals surface area (Å²) in [5, 5.41) is 8.62. The van der Waals surface area contributed by atoms with Crippen molar-refractivity contribution in [1.82, 2.24) is 0 Å². The topological polar surface area (TPSA) is 23.8 Å². The van der Waals surface area contributed by atoms with Crippen LogP contribution < -0.4 is 0 Å². The predicted molar refractivity (Wildman–Crippen MR) is 59.6 cm³/mol. The lowest BCUT2D eigenvalue weighted by molar-refractivity contribution is 1.23. The fourth-order valence-electron chi connectivity index (χ4n) is 1.12. The fourth-order valence-corrected chi connectivity index (χ4v) is 1.12. The van der Waals surface area contributed by atoms with Gasteiger partial charge in [0.05, 0.1) is 11.6 Å². The summed E-state index contributed by atoms with van der Waals surface area (Å²) < 4.78 is 0.